The molecule has 0 bridgehead atoms. The Kier molecular flexibility index (Phi) is 44.9. The van der Waals surface area contributed by atoms with Crippen LogP contribution in [0.2, 0.25) is 0 Å². The van der Waals surface area contributed by atoms with Crippen molar-refractivity contribution in [2.24, 2.45) is 5.73 Å². The molecule has 8 heavy (non-hydrogen) atoms. The van der Waals surface area contributed by atoms with E-state index in [1.165, 1.54) is 0 Å². The van der Waals surface area contributed by atoms with Crippen LogP contribution in [-0.2, 0) is 4.79 Å². The van der Waals surface area contributed by atoms with Gasteiger partial charge in [0.25, 0.3) is 0 Å². The molecule has 4 nitrogen and oxygen atoms in total. The van der Waals surface area contributed by atoms with Crippen LogP contribution < -0.4 is 5.73 Å². The van der Waals surface area contributed by atoms with Crippen molar-refractivity contribution in [1.29, 1.82) is 0 Å². The number of carbonyl (C=O) groups is 1. The van der Waals surface area contributed by atoms with E-state index in [0.29, 0.717) is 0 Å². The molecule has 0 saturated heterocycles. The van der Waals surface area contributed by atoms with Crippen LogP contribution in [0.3, 0.4) is 0 Å². The fraction of sp³-hybridized carbons (Fsp3) is 0.500. The monoisotopic (exact) mass is 141 g/mol. The van der Waals surface area contributed by atoms with Crippen molar-refractivity contribution in [3.63, 3.8) is 0 Å². The van der Waals surface area contributed by atoms with Gasteiger partial charge in [0, 0.05) is 0 Å². The molecule has 0 unspecified atom stereocenters. The van der Waals surface area contributed by atoms with E-state index in [1.807, 2.05) is 0 Å². The number of hydrogen-bond donors (Lipinski definition) is 2. The number of rotatable bonds is 1. The van der Waals surface area contributed by atoms with Crippen molar-refractivity contribution in [3.05, 3.63) is 0 Å². The van der Waals surface area contributed by atoms with E-state index in [2.05, 4.69) is 5.73 Å². The summed E-state index contributed by atoms with van der Waals surface area (Å²) in [5.74, 6) is -0.968. The zero-order valence-corrected chi connectivity index (χ0v) is 3.14. The van der Waals surface area contributed by atoms with E-state index in [0.717, 1.165) is 0 Å². The van der Waals surface area contributed by atoms with Gasteiger partial charge in [-0.05, 0) is 0 Å². The molecular weight excluding hydrogens is 132 g/mol. The molecule has 0 amide bonds. The Hall–Kier alpha value is 1.39. The first-order valence-electron chi connectivity index (χ1n) is 1.19. The Balaban J connectivity index is -0.0000000267. The third-order valence-corrected chi connectivity index (χ3v) is 0.175. The van der Waals surface area contributed by atoms with Crippen molar-refractivity contribution in [3.8, 4) is 0 Å². The molecule has 42 valence electrons. The average Bonchev–Trinajstić information content (AvgIpc) is 1.38. The Bertz CT molecular complexity index is 50.5. The molecule has 0 atom stereocenters. The van der Waals surface area contributed by atoms with Crippen LogP contribution in [0, 0.1) is 0 Å². The summed E-state index contributed by atoms with van der Waals surface area (Å²) in [6.45, 7) is -0.278. The molecule has 0 saturated carbocycles. The van der Waals surface area contributed by atoms with E-state index >= 15 is 0 Å². The van der Waals surface area contributed by atoms with Crippen molar-refractivity contribution >= 4 is 65.1 Å². The van der Waals surface area contributed by atoms with Gasteiger partial charge in [-0.15, -0.1) is 0 Å². The predicted octanol–water partition coefficient (Wildman–Crippen LogP) is -3.09. The number of carboxylic acids is 1. The van der Waals surface area contributed by atoms with E-state index in [-0.39, 0.29) is 71.1 Å². The summed E-state index contributed by atoms with van der Waals surface area (Å²) in [5.41, 5.74) is 4.57. The number of aliphatic carboxylic acids is 1. The van der Waals surface area contributed by atoms with E-state index < -0.39 is 5.97 Å². The zero-order valence-electron chi connectivity index (χ0n) is 3.14. The Morgan fingerprint density at radius 1 is 1.50 bits per heavy atom. The average molecular weight is 141 g/mol. The summed E-state index contributed by atoms with van der Waals surface area (Å²) in [7, 11) is 0. The molecule has 0 radical (unpaired) electrons. The van der Waals surface area contributed by atoms with Crippen molar-refractivity contribution in [2.45, 2.75) is 0 Å². The Labute approximate surface area is 91.7 Å². The topological polar surface area (TPSA) is 94.8 Å². The van der Waals surface area contributed by atoms with Crippen LogP contribution in [0.4, 0.5) is 0 Å². The molecule has 0 aliphatic carbocycles. The van der Waals surface area contributed by atoms with E-state index in [1.54, 1.807) is 0 Å². The first kappa shape index (κ1) is 22.8. The summed E-state index contributed by atoms with van der Waals surface area (Å²) in [6.07, 6.45) is 0. The van der Waals surface area contributed by atoms with Crippen molar-refractivity contribution in [2.75, 3.05) is 6.54 Å². The molecule has 5 N–H and O–H groups in total. The second-order valence-corrected chi connectivity index (χ2v) is 0.598. The first-order chi connectivity index (χ1) is 2.27. The Morgan fingerprint density at radius 2 is 1.62 bits per heavy atom. The van der Waals surface area contributed by atoms with E-state index in [4.69, 9.17) is 5.11 Å². The fourth-order valence-electron chi connectivity index (χ4n) is 0. The molecule has 0 spiro atoms. The molecule has 0 aromatic rings. The predicted molar refractivity (Wildman–Crippen MR) is 34.6 cm³/mol. The minimum atomic E-state index is -0.968. The quantitative estimate of drug-likeness (QED) is 0.379. The van der Waals surface area contributed by atoms with Crippen LogP contribution in [0.25, 0.3) is 0 Å². The molecule has 0 fully saturated rings. The minimum absolute atomic E-state index is 0. The molecule has 0 heterocycles. The molecule has 0 aromatic heterocycles. The molecule has 0 aliphatic heterocycles. The van der Waals surface area contributed by atoms with Gasteiger partial charge in [-0.1, -0.05) is 0 Å². The summed E-state index contributed by atoms with van der Waals surface area (Å²) >= 11 is 0. The molecule has 0 rings (SSSR count). The van der Waals surface area contributed by atoms with Crippen molar-refractivity contribution in [1.82, 2.24) is 0 Å². The standard InChI is InChI=1S/C2H5NO2.2Na.H2O.2H/c3-1-2(4)5;;;;;/h1,3H2,(H,4,5);;;1H2;;. The van der Waals surface area contributed by atoms with Gasteiger partial charge in [-0.3, -0.25) is 4.79 Å². The molecular formula is C2H9NNa2O3. The van der Waals surface area contributed by atoms with Gasteiger partial charge in [0.15, 0.2) is 0 Å². The van der Waals surface area contributed by atoms with Crippen LogP contribution in [-0.4, -0.2) is 82.2 Å². The fourth-order valence-corrected chi connectivity index (χ4v) is 0. The summed E-state index contributed by atoms with van der Waals surface area (Å²) in [4.78, 5) is 9.24. The van der Waals surface area contributed by atoms with Gasteiger partial charge in [-0.2, -0.15) is 0 Å². The summed E-state index contributed by atoms with van der Waals surface area (Å²) < 4.78 is 0. The van der Waals surface area contributed by atoms with Crippen LogP contribution >= 0.6 is 0 Å². The zero-order chi connectivity index (χ0) is 4.28. The molecule has 0 aliphatic rings. The van der Waals surface area contributed by atoms with Crippen LogP contribution in [0.1, 0.15) is 0 Å². The number of nitrogens with two attached hydrogens (primary N) is 1. The summed E-state index contributed by atoms with van der Waals surface area (Å²) in [5, 5.41) is 7.60. The van der Waals surface area contributed by atoms with Gasteiger partial charge in [0.2, 0.25) is 0 Å². The van der Waals surface area contributed by atoms with Gasteiger partial charge < -0.3 is 16.3 Å². The van der Waals surface area contributed by atoms with Gasteiger partial charge >= 0.3 is 65.1 Å². The SMILES string of the molecule is NCC(=O)O.O.[NaH].[NaH]. The second-order valence-electron chi connectivity index (χ2n) is 0.598. The molecule has 0 aromatic carbocycles. The van der Waals surface area contributed by atoms with Gasteiger partial charge in [0.1, 0.15) is 0 Å². The first-order valence-corrected chi connectivity index (χ1v) is 1.19. The van der Waals surface area contributed by atoms with E-state index in [9.17, 15) is 4.79 Å². The maximum atomic E-state index is 9.24. The van der Waals surface area contributed by atoms with Crippen molar-refractivity contribution < 1.29 is 15.4 Å². The van der Waals surface area contributed by atoms with Crippen LogP contribution in [0.15, 0.2) is 0 Å². The maximum absolute atomic E-state index is 9.24. The van der Waals surface area contributed by atoms with Crippen LogP contribution in [0.5, 0.6) is 0 Å². The normalized spacial score (nSPS) is 4.62. The van der Waals surface area contributed by atoms with Gasteiger partial charge in [-0.25, -0.2) is 0 Å². The Morgan fingerprint density at radius 3 is 1.62 bits per heavy atom. The van der Waals surface area contributed by atoms with Gasteiger partial charge in [0.05, 0.1) is 6.54 Å². The number of hydrogen-bond acceptors (Lipinski definition) is 2. The third kappa shape index (κ3) is 26.3. The number of carboxylic acid groups (broad SMARTS) is 1. The third-order valence-electron chi connectivity index (χ3n) is 0.175. The second kappa shape index (κ2) is 15.8. The summed E-state index contributed by atoms with van der Waals surface area (Å²) in [6, 6.07) is 0. The molecule has 6 heteroatoms.